The van der Waals surface area contributed by atoms with Crippen molar-refractivity contribution in [1.82, 2.24) is 5.43 Å². The second-order valence-corrected chi connectivity index (χ2v) is 6.37. The van der Waals surface area contributed by atoms with Gasteiger partial charge in [0, 0.05) is 16.3 Å². The van der Waals surface area contributed by atoms with E-state index in [1.807, 2.05) is 19.1 Å². The molecule has 0 aromatic heterocycles. The van der Waals surface area contributed by atoms with Crippen molar-refractivity contribution >= 4 is 28.1 Å². The summed E-state index contributed by atoms with van der Waals surface area (Å²) in [6.07, 6.45) is 7.78. The molecule has 1 rings (SSSR count). The third kappa shape index (κ3) is 6.85. The summed E-state index contributed by atoms with van der Waals surface area (Å²) < 4.78 is 0.916. The summed E-state index contributed by atoms with van der Waals surface area (Å²) in [5.74, 6) is -0.215. The van der Waals surface area contributed by atoms with Gasteiger partial charge in [-0.05, 0) is 64.3 Å². The molecule has 0 bridgehead atoms. The molecule has 3 nitrogen and oxygen atoms in total. The van der Waals surface area contributed by atoms with Gasteiger partial charge in [0.2, 0.25) is 0 Å². The van der Waals surface area contributed by atoms with E-state index in [0.29, 0.717) is 5.56 Å². The quantitative estimate of drug-likeness (QED) is 0.423. The van der Waals surface area contributed by atoms with Crippen LogP contribution in [-0.4, -0.2) is 12.1 Å². The third-order valence-corrected chi connectivity index (χ3v) is 3.98. The first kappa shape index (κ1) is 18.4. The molecule has 0 aliphatic rings. The number of carbonyl (C=O) groups is 1. The zero-order valence-electron chi connectivity index (χ0n) is 13.6. The molecule has 0 radical (unpaired) electrons. The van der Waals surface area contributed by atoms with Gasteiger partial charge in [-0.3, -0.25) is 4.79 Å². The summed E-state index contributed by atoms with van der Waals surface area (Å²) in [4.78, 5) is 11.9. The van der Waals surface area contributed by atoms with Crippen LogP contribution in [0.2, 0.25) is 0 Å². The van der Waals surface area contributed by atoms with Crippen molar-refractivity contribution in [1.29, 1.82) is 0 Å². The average Bonchev–Trinajstić information content (AvgIpc) is 2.46. The minimum absolute atomic E-state index is 0.215. The number of carbonyl (C=O) groups excluding carboxylic acids is 1. The molecular weight excluding hydrogens is 340 g/mol. The topological polar surface area (TPSA) is 41.5 Å². The molecule has 0 aliphatic carbocycles. The Hall–Kier alpha value is -1.68. The van der Waals surface area contributed by atoms with Crippen LogP contribution in [0.3, 0.4) is 0 Å². The molecule has 0 atom stereocenters. The van der Waals surface area contributed by atoms with Crippen molar-refractivity contribution < 1.29 is 4.79 Å². The van der Waals surface area contributed by atoms with Crippen LogP contribution in [0.1, 0.15) is 49.5 Å². The predicted molar refractivity (Wildman–Crippen MR) is 97.3 cm³/mol. The normalized spacial score (nSPS) is 11.6. The fraction of sp³-hybridized carbons (Fsp3) is 0.333. The van der Waals surface area contributed by atoms with Gasteiger partial charge < -0.3 is 0 Å². The molecule has 1 aromatic carbocycles. The smallest absolute Gasteiger partial charge is 0.267 e. The number of hydrogen-bond donors (Lipinski definition) is 1. The van der Waals surface area contributed by atoms with Gasteiger partial charge >= 0.3 is 0 Å². The van der Waals surface area contributed by atoms with E-state index in [-0.39, 0.29) is 5.91 Å². The fourth-order valence-corrected chi connectivity index (χ4v) is 2.11. The van der Waals surface area contributed by atoms with Gasteiger partial charge in [-0.25, -0.2) is 5.43 Å². The molecule has 1 amide bonds. The van der Waals surface area contributed by atoms with Crippen molar-refractivity contribution in [3.8, 4) is 0 Å². The van der Waals surface area contributed by atoms with E-state index in [4.69, 9.17) is 0 Å². The highest BCUT2D eigenvalue weighted by atomic mass is 79.9. The fourth-order valence-electron chi connectivity index (χ4n) is 1.73. The van der Waals surface area contributed by atoms with Crippen LogP contribution in [0.4, 0.5) is 0 Å². The molecule has 0 heterocycles. The number of hydrazone groups is 1. The number of benzene rings is 1. The highest BCUT2D eigenvalue weighted by Gasteiger charge is 2.05. The molecule has 1 N–H and O–H groups in total. The summed E-state index contributed by atoms with van der Waals surface area (Å²) in [5.41, 5.74) is 6.76. The van der Waals surface area contributed by atoms with Gasteiger partial charge in [-0.15, -0.1) is 0 Å². The largest absolute Gasteiger partial charge is 0.271 e. The minimum atomic E-state index is -0.215. The number of hydrogen-bond acceptors (Lipinski definition) is 2. The summed E-state index contributed by atoms with van der Waals surface area (Å²) in [5, 5.41) is 3.95. The van der Waals surface area contributed by atoms with Crippen LogP contribution in [0.5, 0.6) is 0 Å². The van der Waals surface area contributed by atoms with Crippen molar-refractivity contribution in [3.63, 3.8) is 0 Å². The van der Waals surface area contributed by atoms with Crippen molar-refractivity contribution in [3.05, 3.63) is 57.1 Å². The van der Waals surface area contributed by atoms with Crippen LogP contribution in [0.15, 0.2) is 51.1 Å². The summed E-state index contributed by atoms with van der Waals surface area (Å²) in [6.45, 7) is 8.23. The first-order valence-electron chi connectivity index (χ1n) is 7.29. The zero-order valence-corrected chi connectivity index (χ0v) is 15.2. The summed E-state index contributed by atoms with van der Waals surface area (Å²) in [7, 11) is 0. The summed E-state index contributed by atoms with van der Waals surface area (Å²) in [6, 6.07) is 5.47. The van der Waals surface area contributed by atoms with Crippen LogP contribution < -0.4 is 5.43 Å². The van der Waals surface area contributed by atoms with Crippen LogP contribution in [0.25, 0.3) is 0 Å². The molecule has 0 aliphatic heterocycles. The lowest BCUT2D eigenvalue weighted by atomic mass is 10.1. The van der Waals surface area contributed by atoms with E-state index in [1.165, 1.54) is 11.1 Å². The van der Waals surface area contributed by atoms with Crippen molar-refractivity contribution in [2.75, 3.05) is 0 Å². The lowest BCUT2D eigenvalue weighted by Crippen LogP contribution is -2.17. The first-order chi connectivity index (χ1) is 10.4. The maximum absolute atomic E-state index is 11.9. The maximum atomic E-state index is 11.9. The molecule has 0 spiro atoms. The number of halogens is 1. The van der Waals surface area contributed by atoms with E-state index in [2.05, 4.69) is 53.3 Å². The maximum Gasteiger partial charge on any atom is 0.271 e. The Morgan fingerprint density at radius 2 is 2.05 bits per heavy atom. The molecule has 0 saturated heterocycles. The van der Waals surface area contributed by atoms with Crippen LogP contribution in [0, 0.1) is 6.92 Å². The highest BCUT2D eigenvalue weighted by molar-refractivity contribution is 9.10. The van der Waals surface area contributed by atoms with Gasteiger partial charge in [-0.1, -0.05) is 39.2 Å². The Morgan fingerprint density at radius 1 is 1.32 bits per heavy atom. The number of nitrogens with one attached hydrogen (secondary N) is 1. The Labute approximate surface area is 141 Å². The Balaban J connectivity index is 2.49. The lowest BCUT2D eigenvalue weighted by Gasteiger charge is -2.02. The Kier molecular flexibility index (Phi) is 7.82. The average molecular weight is 363 g/mol. The van der Waals surface area contributed by atoms with E-state index in [1.54, 1.807) is 18.3 Å². The van der Waals surface area contributed by atoms with E-state index >= 15 is 0 Å². The van der Waals surface area contributed by atoms with Gasteiger partial charge in [0.05, 0.1) is 0 Å². The van der Waals surface area contributed by atoms with Crippen LogP contribution >= 0.6 is 15.9 Å². The molecule has 4 heteroatoms. The SMILES string of the molecule is CC(C)=CCC/C(C)=C/C=NNC(=O)c1ccc(C)c(Br)c1. The van der Waals surface area contributed by atoms with E-state index in [9.17, 15) is 4.79 Å². The number of rotatable bonds is 6. The number of amides is 1. The van der Waals surface area contributed by atoms with Gasteiger partial charge in [0.1, 0.15) is 0 Å². The lowest BCUT2D eigenvalue weighted by molar-refractivity contribution is 0.0955. The Morgan fingerprint density at radius 3 is 2.68 bits per heavy atom. The molecular formula is C18H23BrN2O. The molecule has 0 fully saturated rings. The first-order valence-corrected chi connectivity index (χ1v) is 8.08. The Bertz CT molecular complexity index is 612. The highest BCUT2D eigenvalue weighted by Crippen LogP contribution is 2.17. The standard InChI is InChI=1S/C18H23BrN2O/c1-13(2)6-5-7-14(3)10-11-20-21-18(22)16-9-8-15(4)17(19)12-16/h6,8-12H,5,7H2,1-4H3,(H,21,22)/b14-10+,20-11?. The summed E-state index contributed by atoms with van der Waals surface area (Å²) >= 11 is 3.42. The van der Waals surface area contributed by atoms with Gasteiger partial charge in [0.25, 0.3) is 5.91 Å². The molecule has 118 valence electrons. The number of allylic oxidation sites excluding steroid dienone is 4. The third-order valence-electron chi connectivity index (χ3n) is 3.12. The molecule has 0 saturated carbocycles. The van der Waals surface area contributed by atoms with Gasteiger partial charge in [-0.2, -0.15) is 5.10 Å². The van der Waals surface area contributed by atoms with Gasteiger partial charge in [0.15, 0.2) is 0 Å². The minimum Gasteiger partial charge on any atom is -0.267 e. The predicted octanol–water partition coefficient (Wildman–Crippen LogP) is 5.17. The number of aryl methyl sites for hydroxylation is 1. The zero-order chi connectivity index (χ0) is 16.5. The van der Waals surface area contributed by atoms with E-state index in [0.717, 1.165) is 22.9 Å². The number of nitrogens with zero attached hydrogens (tertiary/aromatic N) is 1. The van der Waals surface area contributed by atoms with Crippen LogP contribution in [-0.2, 0) is 0 Å². The van der Waals surface area contributed by atoms with Crippen molar-refractivity contribution in [2.45, 2.75) is 40.5 Å². The van der Waals surface area contributed by atoms with Crippen molar-refractivity contribution in [2.24, 2.45) is 5.10 Å². The molecule has 22 heavy (non-hydrogen) atoms. The monoisotopic (exact) mass is 362 g/mol. The second-order valence-electron chi connectivity index (χ2n) is 5.52. The molecule has 1 aromatic rings. The second kappa shape index (κ2) is 9.36. The molecule has 0 unspecified atom stereocenters. The van der Waals surface area contributed by atoms with E-state index < -0.39 is 0 Å².